The van der Waals surface area contributed by atoms with Crippen LogP contribution in [0.4, 0.5) is 5.82 Å². The molecule has 0 spiro atoms. The quantitative estimate of drug-likeness (QED) is 0.808. The van der Waals surface area contributed by atoms with Crippen LogP contribution in [0.15, 0.2) is 12.7 Å². The molecule has 0 saturated heterocycles. The number of fused-ring (bicyclic) bond motifs is 2. The molecule has 0 bridgehead atoms. The van der Waals surface area contributed by atoms with Crippen molar-refractivity contribution < 1.29 is 5.11 Å². The first-order valence-electron chi connectivity index (χ1n) is 6.33. The van der Waals surface area contributed by atoms with Gasteiger partial charge in [0.25, 0.3) is 0 Å². The fraction of sp³-hybridized carbons (Fsp3) is 0.583. The van der Waals surface area contributed by atoms with Crippen molar-refractivity contribution in [3.8, 4) is 0 Å². The van der Waals surface area contributed by atoms with Gasteiger partial charge in [0, 0.05) is 12.6 Å². The number of aliphatic hydroxyl groups excluding tert-OH is 1. The van der Waals surface area contributed by atoms with E-state index in [9.17, 15) is 5.11 Å². The first-order chi connectivity index (χ1) is 8.79. The van der Waals surface area contributed by atoms with Crippen molar-refractivity contribution in [2.75, 3.05) is 12.3 Å². The van der Waals surface area contributed by atoms with E-state index in [2.05, 4.69) is 19.5 Å². The first-order valence-corrected chi connectivity index (χ1v) is 6.33. The van der Waals surface area contributed by atoms with Crippen molar-refractivity contribution >= 4 is 17.0 Å². The predicted octanol–water partition coefficient (Wildman–Crippen LogP) is 0.598. The average Bonchev–Trinajstić information content (AvgIpc) is 2.79. The van der Waals surface area contributed by atoms with Crippen molar-refractivity contribution in [2.24, 2.45) is 17.8 Å². The lowest BCUT2D eigenvalue weighted by atomic mass is 10.1. The van der Waals surface area contributed by atoms with E-state index in [4.69, 9.17) is 5.73 Å². The number of hydrogen-bond donors (Lipinski definition) is 2. The second-order valence-corrected chi connectivity index (χ2v) is 5.38. The zero-order valence-corrected chi connectivity index (χ0v) is 9.90. The Hall–Kier alpha value is -1.69. The Morgan fingerprint density at radius 1 is 1.28 bits per heavy atom. The molecular formula is C12H15N5O. The molecule has 4 rings (SSSR count). The van der Waals surface area contributed by atoms with Crippen molar-refractivity contribution in [1.82, 2.24) is 19.5 Å². The van der Waals surface area contributed by atoms with Crippen molar-refractivity contribution in [3.63, 3.8) is 0 Å². The lowest BCUT2D eigenvalue weighted by Crippen LogP contribution is -2.09. The summed E-state index contributed by atoms with van der Waals surface area (Å²) in [4.78, 5) is 12.5. The third kappa shape index (κ3) is 1.23. The number of nitrogens with two attached hydrogens (primary N) is 1. The van der Waals surface area contributed by atoms with Gasteiger partial charge in [0.15, 0.2) is 11.5 Å². The fourth-order valence-electron chi connectivity index (χ4n) is 3.58. The van der Waals surface area contributed by atoms with Gasteiger partial charge in [0.05, 0.1) is 6.33 Å². The normalized spacial score (nSPS) is 33.8. The lowest BCUT2D eigenvalue weighted by molar-refractivity contribution is 0.248. The summed E-state index contributed by atoms with van der Waals surface area (Å²) in [6, 6.07) is 0.446. The molecule has 3 N–H and O–H groups in total. The molecule has 94 valence electrons. The number of hydrogen-bond acceptors (Lipinski definition) is 5. The second-order valence-electron chi connectivity index (χ2n) is 5.38. The number of aromatic nitrogens is 4. The van der Waals surface area contributed by atoms with E-state index in [0.29, 0.717) is 41.7 Å². The Bertz CT molecular complexity index is 598. The zero-order valence-electron chi connectivity index (χ0n) is 9.90. The molecule has 4 atom stereocenters. The highest BCUT2D eigenvalue weighted by molar-refractivity contribution is 5.81. The van der Waals surface area contributed by atoms with Gasteiger partial charge in [0.2, 0.25) is 0 Å². The summed E-state index contributed by atoms with van der Waals surface area (Å²) in [6.07, 6.45) is 5.54. The molecule has 0 aromatic carbocycles. The third-order valence-corrected chi connectivity index (χ3v) is 4.59. The van der Waals surface area contributed by atoms with E-state index in [1.165, 1.54) is 6.33 Å². The molecule has 0 aliphatic heterocycles. The lowest BCUT2D eigenvalue weighted by Gasteiger charge is -2.15. The number of rotatable bonds is 2. The largest absolute Gasteiger partial charge is 0.396 e. The molecule has 0 radical (unpaired) electrons. The summed E-state index contributed by atoms with van der Waals surface area (Å²) >= 11 is 0. The number of nitrogens with zero attached hydrogens (tertiary/aromatic N) is 4. The number of imidazole rings is 1. The van der Waals surface area contributed by atoms with E-state index in [0.717, 1.165) is 18.5 Å². The van der Waals surface area contributed by atoms with Crippen LogP contribution in [0.3, 0.4) is 0 Å². The maximum Gasteiger partial charge on any atom is 0.165 e. The van der Waals surface area contributed by atoms with Gasteiger partial charge >= 0.3 is 0 Å². The van der Waals surface area contributed by atoms with Gasteiger partial charge in [-0.25, -0.2) is 15.0 Å². The smallest absolute Gasteiger partial charge is 0.165 e. The van der Waals surface area contributed by atoms with E-state index >= 15 is 0 Å². The zero-order chi connectivity index (χ0) is 12.3. The maximum atomic E-state index is 9.18. The molecule has 2 fully saturated rings. The van der Waals surface area contributed by atoms with E-state index in [-0.39, 0.29) is 0 Å². The molecule has 18 heavy (non-hydrogen) atoms. The van der Waals surface area contributed by atoms with Crippen LogP contribution in [0, 0.1) is 17.8 Å². The van der Waals surface area contributed by atoms with E-state index < -0.39 is 0 Å². The van der Waals surface area contributed by atoms with Gasteiger partial charge in [-0.3, -0.25) is 0 Å². The highest BCUT2D eigenvalue weighted by atomic mass is 16.3. The van der Waals surface area contributed by atoms with Gasteiger partial charge in [-0.05, 0) is 30.6 Å². The second kappa shape index (κ2) is 3.41. The molecule has 2 unspecified atom stereocenters. The molecule has 0 amide bonds. The highest BCUT2D eigenvalue weighted by Crippen LogP contribution is 2.60. The van der Waals surface area contributed by atoms with Crippen LogP contribution < -0.4 is 5.73 Å². The summed E-state index contributed by atoms with van der Waals surface area (Å²) < 4.78 is 2.12. The van der Waals surface area contributed by atoms with Crippen LogP contribution in [0.5, 0.6) is 0 Å². The minimum atomic E-state index is 0.335. The molecule has 2 aromatic rings. The standard InChI is InChI=1S/C12H15N5O/c13-11-10-12(15-4-14-11)17(5-16-10)6-1-7-8(2-6)9(7)3-18/h4-9,18H,1-3H2,(H2,13,14,15)/t6?,7-,8+,9?. The van der Waals surface area contributed by atoms with Gasteiger partial charge in [-0.2, -0.15) is 0 Å². The first kappa shape index (κ1) is 10.3. The van der Waals surface area contributed by atoms with E-state index in [1.807, 2.05) is 6.33 Å². The monoisotopic (exact) mass is 245 g/mol. The number of aliphatic hydroxyl groups is 1. The molecule has 2 heterocycles. The summed E-state index contributed by atoms with van der Waals surface area (Å²) in [5, 5.41) is 9.18. The molecule has 2 saturated carbocycles. The van der Waals surface area contributed by atoms with Gasteiger partial charge in [0.1, 0.15) is 11.8 Å². The topological polar surface area (TPSA) is 89.9 Å². The van der Waals surface area contributed by atoms with Crippen LogP contribution in [-0.4, -0.2) is 31.2 Å². The van der Waals surface area contributed by atoms with Crippen LogP contribution in [0.1, 0.15) is 18.9 Å². The van der Waals surface area contributed by atoms with Gasteiger partial charge < -0.3 is 15.4 Å². The van der Waals surface area contributed by atoms with Crippen molar-refractivity contribution in [1.29, 1.82) is 0 Å². The molecule has 2 aliphatic rings. The number of nitrogen functional groups attached to an aromatic ring is 1. The summed E-state index contributed by atoms with van der Waals surface area (Å²) in [7, 11) is 0. The number of anilines is 1. The van der Waals surface area contributed by atoms with Crippen molar-refractivity contribution in [3.05, 3.63) is 12.7 Å². The summed E-state index contributed by atoms with van der Waals surface area (Å²) in [6.45, 7) is 0.335. The Morgan fingerprint density at radius 2 is 2.06 bits per heavy atom. The third-order valence-electron chi connectivity index (χ3n) is 4.59. The minimum Gasteiger partial charge on any atom is -0.396 e. The minimum absolute atomic E-state index is 0.335. The average molecular weight is 245 g/mol. The Morgan fingerprint density at radius 3 is 2.78 bits per heavy atom. The summed E-state index contributed by atoms with van der Waals surface area (Å²) in [5.41, 5.74) is 7.31. The molecular weight excluding hydrogens is 230 g/mol. The molecule has 6 heteroatoms. The Kier molecular flexibility index (Phi) is 1.94. The predicted molar refractivity (Wildman–Crippen MR) is 65.6 cm³/mol. The van der Waals surface area contributed by atoms with Crippen LogP contribution in [0.25, 0.3) is 11.2 Å². The SMILES string of the molecule is Nc1ncnc2c1ncn2C1C[C@@H]2C(CO)[C@@H]2C1. The fourth-order valence-corrected chi connectivity index (χ4v) is 3.58. The Balaban J connectivity index is 1.67. The molecule has 2 aromatic heterocycles. The Labute approximate surface area is 104 Å². The van der Waals surface area contributed by atoms with Crippen LogP contribution in [-0.2, 0) is 0 Å². The maximum absolute atomic E-state index is 9.18. The van der Waals surface area contributed by atoms with E-state index in [1.54, 1.807) is 0 Å². The molecule has 2 aliphatic carbocycles. The van der Waals surface area contributed by atoms with Crippen LogP contribution in [0.2, 0.25) is 0 Å². The summed E-state index contributed by atoms with van der Waals surface area (Å²) in [5.74, 6) is 2.36. The van der Waals surface area contributed by atoms with Gasteiger partial charge in [-0.1, -0.05) is 0 Å². The van der Waals surface area contributed by atoms with Gasteiger partial charge in [-0.15, -0.1) is 0 Å². The highest BCUT2D eigenvalue weighted by Gasteiger charge is 2.55. The van der Waals surface area contributed by atoms with Crippen molar-refractivity contribution in [2.45, 2.75) is 18.9 Å². The van der Waals surface area contributed by atoms with Crippen LogP contribution >= 0.6 is 0 Å². The molecule has 6 nitrogen and oxygen atoms in total.